The third kappa shape index (κ3) is 3.18. The van der Waals surface area contributed by atoms with E-state index >= 15 is 0 Å². The third-order valence-corrected chi connectivity index (χ3v) is 2.72. The smallest absolute Gasteiger partial charge is 0.227 e. The Labute approximate surface area is 104 Å². The second kappa shape index (κ2) is 5.65. The van der Waals surface area contributed by atoms with Crippen LogP contribution >= 0.6 is 11.6 Å². The van der Waals surface area contributed by atoms with Gasteiger partial charge in [-0.3, -0.25) is 4.79 Å². The van der Waals surface area contributed by atoms with Gasteiger partial charge in [-0.1, -0.05) is 11.6 Å². The van der Waals surface area contributed by atoms with Crippen LogP contribution in [0.5, 0.6) is 0 Å². The Hall–Kier alpha value is -1.60. The van der Waals surface area contributed by atoms with Crippen LogP contribution in [-0.2, 0) is 4.79 Å². The van der Waals surface area contributed by atoms with Gasteiger partial charge in [-0.25, -0.2) is 4.39 Å². The Morgan fingerprint density at radius 2 is 2.24 bits per heavy atom. The van der Waals surface area contributed by atoms with E-state index < -0.39 is 5.82 Å². The van der Waals surface area contributed by atoms with Crippen molar-refractivity contribution >= 4 is 23.2 Å². The van der Waals surface area contributed by atoms with Crippen LogP contribution in [0.4, 0.5) is 10.1 Å². The molecule has 0 atom stereocenters. The normalized spacial score (nSPS) is 9.82. The summed E-state index contributed by atoms with van der Waals surface area (Å²) < 4.78 is 13.4. The number of aryl methyl sites for hydroxylation is 1. The van der Waals surface area contributed by atoms with Crippen molar-refractivity contribution in [3.05, 3.63) is 28.5 Å². The number of carbonyl (C=O) groups excluding carboxylic acids is 1. The van der Waals surface area contributed by atoms with Gasteiger partial charge in [0, 0.05) is 19.9 Å². The first kappa shape index (κ1) is 13.5. The van der Waals surface area contributed by atoms with Gasteiger partial charge in [0.1, 0.15) is 5.82 Å². The summed E-state index contributed by atoms with van der Waals surface area (Å²) in [5.74, 6) is -0.680. The van der Waals surface area contributed by atoms with Crippen molar-refractivity contribution in [1.82, 2.24) is 0 Å². The molecule has 0 radical (unpaired) electrons. The van der Waals surface area contributed by atoms with Crippen LogP contribution in [0.15, 0.2) is 12.1 Å². The van der Waals surface area contributed by atoms with Crippen molar-refractivity contribution in [2.75, 3.05) is 11.9 Å². The molecule has 1 amide bonds. The molecule has 3 nitrogen and oxygen atoms in total. The van der Waals surface area contributed by atoms with Crippen LogP contribution < -0.4 is 4.90 Å². The highest BCUT2D eigenvalue weighted by Gasteiger charge is 2.15. The highest BCUT2D eigenvalue weighted by molar-refractivity contribution is 6.33. The number of nitriles is 1. The van der Waals surface area contributed by atoms with Gasteiger partial charge in [0.05, 0.1) is 16.8 Å². The summed E-state index contributed by atoms with van der Waals surface area (Å²) in [6.07, 6.45) is 0.230. The number of halogens is 2. The van der Waals surface area contributed by atoms with Gasteiger partial charge >= 0.3 is 0 Å². The first-order valence-electron chi connectivity index (χ1n) is 5.06. The minimum absolute atomic E-state index is 0.0961. The van der Waals surface area contributed by atoms with Crippen molar-refractivity contribution in [2.45, 2.75) is 19.8 Å². The van der Waals surface area contributed by atoms with Gasteiger partial charge in [-0.15, -0.1) is 0 Å². The Morgan fingerprint density at radius 1 is 1.59 bits per heavy atom. The summed E-state index contributed by atoms with van der Waals surface area (Å²) >= 11 is 5.95. The number of hydrogen-bond acceptors (Lipinski definition) is 2. The molecule has 0 spiro atoms. The summed E-state index contributed by atoms with van der Waals surface area (Å²) in [7, 11) is 1.51. The quantitative estimate of drug-likeness (QED) is 0.832. The average molecular weight is 255 g/mol. The van der Waals surface area contributed by atoms with E-state index in [1.54, 1.807) is 6.92 Å². The zero-order valence-electron chi connectivity index (χ0n) is 9.63. The number of hydrogen-bond donors (Lipinski definition) is 0. The SMILES string of the molecule is Cc1cc(Cl)c(N(C)C(=O)CCC#N)cc1F. The standard InChI is InChI=1S/C12H12ClFN2O/c1-8-6-9(13)11(7-10(8)14)16(2)12(17)4-3-5-15/h6-7H,3-4H2,1-2H3. The average Bonchev–Trinajstić information content (AvgIpc) is 2.29. The Bertz CT molecular complexity index is 482. The number of anilines is 1. The summed E-state index contributed by atoms with van der Waals surface area (Å²) in [5.41, 5.74) is 0.745. The van der Waals surface area contributed by atoms with Gasteiger partial charge < -0.3 is 4.90 Å². The Kier molecular flexibility index (Phi) is 4.47. The molecule has 0 unspecified atom stereocenters. The molecular weight excluding hydrogens is 243 g/mol. The molecule has 17 heavy (non-hydrogen) atoms. The van der Waals surface area contributed by atoms with Crippen LogP contribution in [0.25, 0.3) is 0 Å². The van der Waals surface area contributed by atoms with Crippen molar-refractivity contribution in [2.24, 2.45) is 0 Å². The molecule has 90 valence electrons. The predicted molar refractivity (Wildman–Crippen MR) is 64.4 cm³/mol. The maximum absolute atomic E-state index is 13.4. The van der Waals surface area contributed by atoms with Gasteiger partial charge in [0.2, 0.25) is 5.91 Å². The van der Waals surface area contributed by atoms with E-state index in [1.165, 1.54) is 24.1 Å². The van der Waals surface area contributed by atoms with E-state index in [4.69, 9.17) is 16.9 Å². The second-order valence-electron chi connectivity index (χ2n) is 3.66. The molecule has 1 aromatic rings. The van der Waals surface area contributed by atoms with Gasteiger partial charge in [-0.05, 0) is 24.6 Å². The first-order valence-corrected chi connectivity index (χ1v) is 5.44. The number of rotatable bonds is 3. The summed E-state index contributed by atoms with van der Waals surface area (Å²) in [5, 5.41) is 8.71. The molecule has 0 aliphatic carbocycles. The monoisotopic (exact) mass is 254 g/mol. The fourth-order valence-electron chi connectivity index (χ4n) is 1.36. The lowest BCUT2D eigenvalue weighted by Crippen LogP contribution is -2.26. The molecule has 0 N–H and O–H groups in total. The van der Waals surface area contributed by atoms with Crippen LogP contribution in [-0.4, -0.2) is 13.0 Å². The van der Waals surface area contributed by atoms with Gasteiger partial charge in [0.15, 0.2) is 0 Å². The van der Waals surface area contributed by atoms with E-state index in [2.05, 4.69) is 0 Å². The highest BCUT2D eigenvalue weighted by Crippen LogP contribution is 2.28. The lowest BCUT2D eigenvalue weighted by molar-refractivity contribution is -0.118. The first-order chi connectivity index (χ1) is 7.97. The second-order valence-corrected chi connectivity index (χ2v) is 4.07. The van der Waals surface area contributed by atoms with Crippen molar-refractivity contribution in [1.29, 1.82) is 5.26 Å². The molecule has 0 saturated heterocycles. The summed E-state index contributed by atoms with van der Waals surface area (Å²) in [6.45, 7) is 1.60. The minimum Gasteiger partial charge on any atom is -0.314 e. The van der Waals surface area contributed by atoms with Gasteiger partial charge in [-0.2, -0.15) is 5.26 Å². The third-order valence-electron chi connectivity index (χ3n) is 2.41. The minimum atomic E-state index is -0.413. The zero-order chi connectivity index (χ0) is 13.0. The van der Waals surface area contributed by atoms with E-state index in [1.807, 2.05) is 6.07 Å². The van der Waals surface area contributed by atoms with Crippen molar-refractivity contribution < 1.29 is 9.18 Å². The Balaban J connectivity index is 2.97. The lowest BCUT2D eigenvalue weighted by Gasteiger charge is -2.18. The zero-order valence-corrected chi connectivity index (χ0v) is 10.4. The molecule has 0 heterocycles. The predicted octanol–water partition coefficient (Wildman–Crippen LogP) is 3.05. The topological polar surface area (TPSA) is 44.1 Å². The molecule has 0 bridgehead atoms. The maximum atomic E-state index is 13.4. The van der Waals surface area contributed by atoms with Crippen LogP contribution in [0.2, 0.25) is 5.02 Å². The molecule has 0 fully saturated rings. The molecule has 0 saturated carbocycles. The number of nitrogens with zero attached hydrogens (tertiary/aromatic N) is 2. The molecular formula is C12H12ClFN2O. The summed E-state index contributed by atoms with van der Waals surface area (Å²) in [4.78, 5) is 12.9. The lowest BCUT2D eigenvalue weighted by atomic mass is 10.2. The molecule has 1 rings (SSSR count). The van der Waals surface area contributed by atoms with Gasteiger partial charge in [0.25, 0.3) is 0 Å². The molecule has 5 heteroatoms. The molecule has 0 aromatic heterocycles. The van der Waals surface area contributed by atoms with Crippen molar-refractivity contribution in [3.8, 4) is 6.07 Å². The largest absolute Gasteiger partial charge is 0.314 e. The maximum Gasteiger partial charge on any atom is 0.227 e. The van der Waals surface area contributed by atoms with Crippen molar-refractivity contribution in [3.63, 3.8) is 0 Å². The van der Waals surface area contributed by atoms with E-state index in [0.717, 1.165) is 0 Å². The van der Waals surface area contributed by atoms with Crippen LogP contribution in [0, 0.1) is 24.1 Å². The Morgan fingerprint density at radius 3 is 2.82 bits per heavy atom. The fraction of sp³-hybridized carbons (Fsp3) is 0.333. The number of carbonyl (C=O) groups is 1. The summed E-state index contributed by atoms with van der Waals surface area (Å²) in [6, 6.07) is 4.58. The van der Waals surface area contributed by atoms with Crippen LogP contribution in [0.1, 0.15) is 18.4 Å². The molecule has 1 aromatic carbocycles. The fourth-order valence-corrected chi connectivity index (χ4v) is 1.70. The van der Waals surface area contributed by atoms with E-state index in [-0.39, 0.29) is 18.7 Å². The number of benzene rings is 1. The molecule has 0 aliphatic rings. The van der Waals surface area contributed by atoms with E-state index in [0.29, 0.717) is 16.3 Å². The van der Waals surface area contributed by atoms with Crippen LogP contribution in [0.3, 0.4) is 0 Å². The van der Waals surface area contributed by atoms with E-state index in [9.17, 15) is 9.18 Å². The highest BCUT2D eigenvalue weighted by atomic mass is 35.5. The molecule has 0 aliphatic heterocycles. The number of amides is 1.